The number of hydrogen-bond donors (Lipinski definition) is 1. The summed E-state index contributed by atoms with van der Waals surface area (Å²) in [6, 6.07) is 6.06. The summed E-state index contributed by atoms with van der Waals surface area (Å²) in [7, 11) is 0. The maximum absolute atomic E-state index is 11.0. The van der Waals surface area contributed by atoms with Crippen LogP contribution in [0.1, 0.15) is 18.1 Å². The van der Waals surface area contributed by atoms with Crippen molar-refractivity contribution in [3.8, 4) is 0 Å². The molecular weight excluding hydrogens is 320 g/mol. The molecule has 0 aliphatic carbocycles. The van der Waals surface area contributed by atoms with Crippen LogP contribution >= 0.6 is 15.9 Å². The van der Waals surface area contributed by atoms with Gasteiger partial charge in [-0.3, -0.25) is 14.6 Å². The van der Waals surface area contributed by atoms with Crippen molar-refractivity contribution in [3.05, 3.63) is 33.8 Å². The van der Waals surface area contributed by atoms with E-state index >= 15 is 0 Å². The van der Waals surface area contributed by atoms with Gasteiger partial charge >= 0.3 is 5.97 Å². The zero-order valence-electron chi connectivity index (χ0n) is 12.0. The fourth-order valence-corrected chi connectivity index (χ4v) is 2.77. The van der Waals surface area contributed by atoms with Crippen LogP contribution in [-0.2, 0) is 11.3 Å². The van der Waals surface area contributed by atoms with E-state index in [1.54, 1.807) is 6.92 Å². The van der Waals surface area contributed by atoms with E-state index in [-0.39, 0.29) is 6.04 Å². The lowest BCUT2D eigenvalue weighted by atomic mass is 10.1. The Bertz CT molecular complexity index is 485. The number of aliphatic carboxylic acids is 1. The van der Waals surface area contributed by atoms with Crippen LogP contribution in [0.3, 0.4) is 0 Å². The van der Waals surface area contributed by atoms with Gasteiger partial charge in [0.1, 0.15) is 6.04 Å². The molecule has 1 saturated heterocycles. The van der Waals surface area contributed by atoms with E-state index in [2.05, 4.69) is 46.0 Å². The van der Waals surface area contributed by atoms with Gasteiger partial charge in [0.25, 0.3) is 0 Å². The minimum atomic E-state index is -0.734. The highest BCUT2D eigenvalue weighted by molar-refractivity contribution is 9.10. The second-order valence-electron chi connectivity index (χ2n) is 5.41. The maximum Gasteiger partial charge on any atom is 0.320 e. The monoisotopic (exact) mass is 340 g/mol. The predicted molar refractivity (Wildman–Crippen MR) is 82.8 cm³/mol. The van der Waals surface area contributed by atoms with Crippen molar-refractivity contribution in [1.29, 1.82) is 0 Å². The summed E-state index contributed by atoms with van der Waals surface area (Å²) < 4.78 is 1.14. The Kier molecular flexibility index (Phi) is 5.18. The molecule has 0 spiro atoms. The number of halogens is 1. The summed E-state index contributed by atoms with van der Waals surface area (Å²) >= 11 is 3.52. The quantitative estimate of drug-likeness (QED) is 0.913. The molecule has 1 aliphatic rings. The zero-order valence-corrected chi connectivity index (χ0v) is 13.6. The van der Waals surface area contributed by atoms with Gasteiger partial charge in [-0.1, -0.05) is 28.1 Å². The van der Waals surface area contributed by atoms with Gasteiger partial charge < -0.3 is 5.11 Å². The molecule has 110 valence electrons. The van der Waals surface area contributed by atoms with E-state index in [9.17, 15) is 4.79 Å². The highest BCUT2D eigenvalue weighted by Crippen LogP contribution is 2.18. The van der Waals surface area contributed by atoms with Crippen molar-refractivity contribution in [2.24, 2.45) is 0 Å². The van der Waals surface area contributed by atoms with Crippen LogP contribution in [0.5, 0.6) is 0 Å². The molecule has 1 aromatic carbocycles. The minimum Gasteiger partial charge on any atom is -0.480 e. The van der Waals surface area contributed by atoms with Gasteiger partial charge in [-0.2, -0.15) is 0 Å². The highest BCUT2D eigenvalue weighted by atomic mass is 79.9. The second-order valence-corrected chi connectivity index (χ2v) is 6.26. The number of carboxylic acid groups (broad SMARTS) is 1. The summed E-state index contributed by atoms with van der Waals surface area (Å²) in [5.74, 6) is -0.734. The fourth-order valence-electron chi connectivity index (χ4n) is 2.53. The highest BCUT2D eigenvalue weighted by Gasteiger charge is 2.24. The van der Waals surface area contributed by atoms with Gasteiger partial charge in [-0.15, -0.1) is 0 Å². The van der Waals surface area contributed by atoms with Gasteiger partial charge in [-0.25, -0.2) is 0 Å². The lowest BCUT2D eigenvalue weighted by Crippen LogP contribution is -2.51. The lowest BCUT2D eigenvalue weighted by molar-refractivity contribution is -0.143. The summed E-state index contributed by atoms with van der Waals surface area (Å²) in [6.45, 7) is 8.28. The van der Waals surface area contributed by atoms with Gasteiger partial charge in [0.05, 0.1) is 0 Å². The molecule has 1 N–H and O–H groups in total. The first-order valence-electron chi connectivity index (χ1n) is 6.91. The standard InChI is InChI=1S/C15H21BrN2O2/c1-11-9-13(3-4-14(11)16)10-17-5-7-18(8-6-17)12(2)15(19)20/h3-4,9,12H,5-8,10H2,1-2H3,(H,19,20). The van der Waals surface area contributed by atoms with Crippen LogP contribution in [0, 0.1) is 6.92 Å². The van der Waals surface area contributed by atoms with E-state index in [0.717, 1.165) is 37.2 Å². The Morgan fingerprint density at radius 3 is 2.55 bits per heavy atom. The van der Waals surface area contributed by atoms with Gasteiger partial charge in [0.15, 0.2) is 0 Å². The molecule has 0 aromatic heterocycles. The summed E-state index contributed by atoms with van der Waals surface area (Å²) in [6.07, 6.45) is 0. The molecule has 4 nitrogen and oxygen atoms in total. The number of rotatable bonds is 4. The molecule has 2 rings (SSSR count). The second kappa shape index (κ2) is 6.70. The third kappa shape index (κ3) is 3.81. The van der Waals surface area contributed by atoms with Gasteiger partial charge in [-0.05, 0) is 31.0 Å². The van der Waals surface area contributed by atoms with E-state index in [0.29, 0.717) is 0 Å². The molecule has 1 heterocycles. The normalized spacial score (nSPS) is 18.9. The first-order chi connectivity index (χ1) is 9.47. The Hall–Kier alpha value is -0.910. The van der Waals surface area contributed by atoms with Crippen molar-refractivity contribution < 1.29 is 9.90 Å². The molecule has 1 aromatic rings. The zero-order chi connectivity index (χ0) is 14.7. The van der Waals surface area contributed by atoms with E-state index < -0.39 is 5.97 Å². The Labute approximate surface area is 128 Å². The van der Waals surface area contributed by atoms with Crippen molar-refractivity contribution in [2.45, 2.75) is 26.4 Å². The van der Waals surface area contributed by atoms with Crippen molar-refractivity contribution in [1.82, 2.24) is 9.80 Å². The first kappa shape index (κ1) is 15.5. The third-order valence-corrected chi connectivity index (χ3v) is 4.83. The number of benzene rings is 1. The largest absolute Gasteiger partial charge is 0.480 e. The van der Waals surface area contributed by atoms with Crippen molar-refractivity contribution in [2.75, 3.05) is 26.2 Å². The van der Waals surface area contributed by atoms with Crippen LogP contribution in [0.25, 0.3) is 0 Å². The summed E-state index contributed by atoms with van der Waals surface area (Å²) in [5.41, 5.74) is 2.56. The molecule has 0 radical (unpaired) electrons. The molecule has 5 heteroatoms. The maximum atomic E-state index is 11.0. The number of nitrogens with zero attached hydrogens (tertiary/aromatic N) is 2. The Balaban J connectivity index is 1.88. The number of hydrogen-bond acceptors (Lipinski definition) is 3. The van der Waals surface area contributed by atoms with Crippen LogP contribution < -0.4 is 0 Å². The van der Waals surface area contributed by atoms with Gasteiger partial charge in [0.2, 0.25) is 0 Å². The van der Waals surface area contributed by atoms with E-state index in [4.69, 9.17) is 5.11 Å². The van der Waals surface area contributed by atoms with Crippen molar-refractivity contribution in [3.63, 3.8) is 0 Å². The smallest absolute Gasteiger partial charge is 0.320 e. The number of carboxylic acids is 1. The SMILES string of the molecule is Cc1cc(CN2CCN(C(C)C(=O)O)CC2)ccc1Br. The first-order valence-corrected chi connectivity index (χ1v) is 7.71. The number of piperazine rings is 1. The molecule has 0 saturated carbocycles. The van der Waals surface area contributed by atoms with Crippen LogP contribution in [0.4, 0.5) is 0 Å². The predicted octanol–water partition coefficient (Wildman–Crippen LogP) is 2.35. The molecule has 20 heavy (non-hydrogen) atoms. The number of carbonyl (C=O) groups is 1. The summed E-state index contributed by atoms with van der Waals surface area (Å²) in [5, 5.41) is 9.03. The van der Waals surface area contributed by atoms with E-state index in [1.165, 1.54) is 11.1 Å². The topological polar surface area (TPSA) is 43.8 Å². The Morgan fingerprint density at radius 2 is 2.00 bits per heavy atom. The number of aryl methyl sites for hydroxylation is 1. The Morgan fingerprint density at radius 1 is 1.35 bits per heavy atom. The lowest BCUT2D eigenvalue weighted by Gasteiger charge is -2.36. The molecule has 1 fully saturated rings. The molecule has 1 aliphatic heterocycles. The average Bonchev–Trinajstić information content (AvgIpc) is 2.43. The van der Waals surface area contributed by atoms with Gasteiger partial charge in [0, 0.05) is 37.2 Å². The summed E-state index contributed by atoms with van der Waals surface area (Å²) in [4.78, 5) is 15.4. The molecular formula is C15H21BrN2O2. The third-order valence-electron chi connectivity index (χ3n) is 3.94. The van der Waals surface area contributed by atoms with Crippen LogP contribution in [0.15, 0.2) is 22.7 Å². The molecule has 1 atom stereocenters. The molecule has 0 bridgehead atoms. The molecule has 1 unspecified atom stereocenters. The van der Waals surface area contributed by atoms with Crippen LogP contribution in [-0.4, -0.2) is 53.1 Å². The van der Waals surface area contributed by atoms with Crippen molar-refractivity contribution >= 4 is 21.9 Å². The fraction of sp³-hybridized carbons (Fsp3) is 0.533. The minimum absolute atomic E-state index is 0.382. The average molecular weight is 341 g/mol. The van der Waals surface area contributed by atoms with E-state index in [1.807, 2.05) is 4.90 Å². The molecule has 0 amide bonds. The van der Waals surface area contributed by atoms with Crippen LogP contribution in [0.2, 0.25) is 0 Å².